The van der Waals surface area contributed by atoms with Crippen molar-refractivity contribution < 1.29 is 14.0 Å². The third kappa shape index (κ3) is 3.93. The van der Waals surface area contributed by atoms with E-state index in [-0.39, 0.29) is 22.9 Å². The number of urea groups is 1. The fourth-order valence-electron chi connectivity index (χ4n) is 2.71. The fraction of sp³-hybridized carbons (Fsp3) is 0.500. The van der Waals surface area contributed by atoms with Crippen LogP contribution in [-0.4, -0.2) is 47.9 Å². The van der Waals surface area contributed by atoms with Crippen LogP contribution in [0.15, 0.2) is 18.2 Å². The van der Waals surface area contributed by atoms with E-state index in [9.17, 15) is 14.0 Å². The van der Waals surface area contributed by atoms with Crippen molar-refractivity contribution in [2.24, 2.45) is 5.92 Å². The summed E-state index contributed by atoms with van der Waals surface area (Å²) in [7, 11) is 0. The van der Waals surface area contributed by atoms with Gasteiger partial charge in [0.05, 0.1) is 5.02 Å². The lowest BCUT2D eigenvalue weighted by Crippen LogP contribution is -2.39. The number of nitrogens with zero attached hydrogens (tertiary/aromatic N) is 2. The normalized spacial score (nSPS) is 18.5. The first-order valence-corrected chi connectivity index (χ1v) is 8.22. The Labute approximate surface area is 139 Å². The summed E-state index contributed by atoms with van der Waals surface area (Å²) in [6, 6.07) is 3.88. The summed E-state index contributed by atoms with van der Waals surface area (Å²) in [5, 5.41) is 2.69. The van der Waals surface area contributed by atoms with Crippen LogP contribution in [0.2, 0.25) is 5.02 Å². The molecule has 3 rings (SSSR count). The molecule has 0 aromatic heterocycles. The molecule has 1 heterocycles. The summed E-state index contributed by atoms with van der Waals surface area (Å²) in [6.07, 6.45) is 2.73. The minimum Gasteiger partial charge on any atom is -0.341 e. The van der Waals surface area contributed by atoms with E-state index in [0.717, 1.165) is 19.3 Å². The predicted molar refractivity (Wildman–Crippen MR) is 85.9 cm³/mol. The van der Waals surface area contributed by atoms with Crippen LogP contribution in [0.1, 0.15) is 19.3 Å². The van der Waals surface area contributed by atoms with E-state index in [1.54, 1.807) is 11.0 Å². The lowest BCUT2D eigenvalue weighted by Gasteiger charge is -2.22. The monoisotopic (exact) mass is 339 g/mol. The van der Waals surface area contributed by atoms with Gasteiger partial charge >= 0.3 is 6.03 Å². The maximum absolute atomic E-state index is 13.4. The van der Waals surface area contributed by atoms with Gasteiger partial charge in [-0.15, -0.1) is 0 Å². The van der Waals surface area contributed by atoms with Gasteiger partial charge in [0.1, 0.15) is 5.82 Å². The lowest BCUT2D eigenvalue weighted by molar-refractivity contribution is -0.132. The summed E-state index contributed by atoms with van der Waals surface area (Å²) >= 11 is 5.63. The number of benzene rings is 1. The van der Waals surface area contributed by atoms with Crippen molar-refractivity contribution in [1.82, 2.24) is 9.80 Å². The topological polar surface area (TPSA) is 52.7 Å². The lowest BCUT2D eigenvalue weighted by atomic mass is 10.3. The predicted octanol–water partition coefficient (Wildman–Crippen LogP) is 2.96. The van der Waals surface area contributed by atoms with Crippen molar-refractivity contribution >= 4 is 29.2 Å². The first-order chi connectivity index (χ1) is 11.0. The molecule has 7 heteroatoms. The van der Waals surface area contributed by atoms with E-state index in [4.69, 9.17) is 11.6 Å². The highest BCUT2D eigenvalue weighted by Gasteiger charge is 2.34. The van der Waals surface area contributed by atoms with Crippen LogP contribution in [0.3, 0.4) is 0 Å². The summed E-state index contributed by atoms with van der Waals surface area (Å²) < 4.78 is 13.4. The maximum atomic E-state index is 13.4. The first-order valence-electron chi connectivity index (χ1n) is 7.84. The van der Waals surface area contributed by atoms with Crippen LogP contribution < -0.4 is 5.32 Å². The van der Waals surface area contributed by atoms with Gasteiger partial charge < -0.3 is 15.1 Å². The summed E-state index contributed by atoms with van der Waals surface area (Å²) in [5.41, 5.74) is 0.368. The van der Waals surface area contributed by atoms with Crippen molar-refractivity contribution in [1.29, 1.82) is 0 Å². The molecule has 1 N–H and O–H groups in total. The number of carbonyl (C=O) groups excluding carboxylic acids is 2. The number of rotatable bonds is 2. The first kappa shape index (κ1) is 16.1. The molecule has 1 saturated carbocycles. The zero-order valence-electron chi connectivity index (χ0n) is 12.7. The molecule has 3 amide bonds. The molecule has 5 nitrogen and oxygen atoms in total. The van der Waals surface area contributed by atoms with Crippen LogP contribution in [-0.2, 0) is 4.79 Å². The zero-order chi connectivity index (χ0) is 16.4. The van der Waals surface area contributed by atoms with Crippen LogP contribution in [0, 0.1) is 11.7 Å². The van der Waals surface area contributed by atoms with E-state index in [1.807, 2.05) is 4.90 Å². The Morgan fingerprint density at radius 2 is 1.83 bits per heavy atom. The van der Waals surface area contributed by atoms with E-state index in [1.165, 1.54) is 12.1 Å². The summed E-state index contributed by atoms with van der Waals surface area (Å²) in [4.78, 5) is 27.9. The number of halogens is 2. The van der Waals surface area contributed by atoms with Gasteiger partial charge in [-0.05, 0) is 37.5 Å². The molecule has 124 valence electrons. The minimum absolute atomic E-state index is 0.0204. The maximum Gasteiger partial charge on any atom is 0.321 e. The largest absolute Gasteiger partial charge is 0.341 e. The van der Waals surface area contributed by atoms with E-state index in [0.29, 0.717) is 31.9 Å². The van der Waals surface area contributed by atoms with Gasteiger partial charge in [-0.3, -0.25) is 4.79 Å². The summed E-state index contributed by atoms with van der Waals surface area (Å²) in [5.74, 6) is -0.152. The zero-order valence-corrected chi connectivity index (χ0v) is 13.5. The highest BCUT2D eigenvalue weighted by molar-refractivity contribution is 6.30. The van der Waals surface area contributed by atoms with Gasteiger partial charge in [0.2, 0.25) is 5.91 Å². The number of hydrogen-bond acceptors (Lipinski definition) is 2. The van der Waals surface area contributed by atoms with Crippen molar-refractivity contribution in [3.63, 3.8) is 0 Å². The Bertz CT molecular complexity index is 621. The molecule has 23 heavy (non-hydrogen) atoms. The molecule has 0 spiro atoms. The average Bonchev–Trinajstić information content (AvgIpc) is 3.36. The SMILES string of the molecule is O=C(Nc1ccc(Cl)c(F)c1)N1CCCN(C(=O)C2CC2)CC1. The van der Waals surface area contributed by atoms with Crippen LogP contribution in [0.4, 0.5) is 14.9 Å². The molecular formula is C16H19ClFN3O2. The molecule has 1 aromatic carbocycles. The third-order valence-corrected chi connectivity index (χ3v) is 4.50. The van der Waals surface area contributed by atoms with Crippen molar-refractivity contribution in [2.45, 2.75) is 19.3 Å². The van der Waals surface area contributed by atoms with Gasteiger partial charge in [-0.1, -0.05) is 11.6 Å². The third-order valence-electron chi connectivity index (χ3n) is 4.19. The van der Waals surface area contributed by atoms with Crippen LogP contribution in [0.5, 0.6) is 0 Å². The molecule has 0 radical (unpaired) electrons. The van der Waals surface area contributed by atoms with Crippen LogP contribution in [0.25, 0.3) is 0 Å². The Balaban J connectivity index is 1.57. The molecule has 0 atom stereocenters. The van der Waals surface area contributed by atoms with Gasteiger partial charge in [0, 0.05) is 37.8 Å². The number of hydrogen-bond donors (Lipinski definition) is 1. The van der Waals surface area contributed by atoms with Crippen molar-refractivity contribution in [2.75, 3.05) is 31.5 Å². The molecule has 1 aliphatic carbocycles. The van der Waals surface area contributed by atoms with Gasteiger partial charge in [-0.25, -0.2) is 9.18 Å². The number of anilines is 1. The smallest absolute Gasteiger partial charge is 0.321 e. The second-order valence-corrected chi connectivity index (χ2v) is 6.41. The highest BCUT2D eigenvalue weighted by atomic mass is 35.5. The molecule has 1 aliphatic heterocycles. The van der Waals surface area contributed by atoms with Gasteiger partial charge in [0.15, 0.2) is 0 Å². The molecule has 1 aromatic rings. The molecule has 0 bridgehead atoms. The Hall–Kier alpha value is -1.82. The molecule has 2 fully saturated rings. The number of amides is 3. The summed E-state index contributed by atoms with van der Waals surface area (Å²) in [6.45, 7) is 2.31. The molecule has 2 aliphatic rings. The number of nitrogens with one attached hydrogen (secondary N) is 1. The Kier molecular flexibility index (Phi) is 4.71. The average molecular weight is 340 g/mol. The van der Waals surface area contributed by atoms with E-state index < -0.39 is 5.82 Å². The van der Waals surface area contributed by atoms with Gasteiger partial charge in [0.25, 0.3) is 0 Å². The molecule has 1 saturated heterocycles. The Morgan fingerprint density at radius 3 is 2.52 bits per heavy atom. The standard InChI is InChI=1S/C16H19ClFN3O2/c17-13-5-4-12(10-14(13)18)19-16(23)21-7-1-6-20(8-9-21)15(22)11-2-3-11/h4-5,10-11H,1-3,6-9H2,(H,19,23). The highest BCUT2D eigenvalue weighted by Crippen LogP contribution is 2.31. The second-order valence-electron chi connectivity index (χ2n) is 6.00. The minimum atomic E-state index is -0.568. The molecular weight excluding hydrogens is 321 g/mol. The molecule has 0 unspecified atom stereocenters. The van der Waals surface area contributed by atoms with Crippen LogP contribution >= 0.6 is 11.6 Å². The van der Waals surface area contributed by atoms with E-state index >= 15 is 0 Å². The second kappa shape index (κ2) is 6.74. The van der Waals surface area contributed by atoms with Gasteiger partial charge in [-0.2, -0.15) is 0 Å². The van der Waals surface area contributed by atoms with Crippen molar-refractivity contribution in [3.05, 3.63) is 29.0 Å². The number of carbonyl (C=O) groups is 2. The Morgan fingerprint density at radius 1 is 1.13 bits per heavy atom. The quantitative estimate of drug-likeness (QED) is 0.900. The van der Waals surface area contributed by atoms with E-state index in [2.05, 4.69) is 5.32 Å². The van der Waals surface area contributed by atoms with Crippen molar-refractivity contribution in [3.8, 4) is 0 Å². The fourth-order valence-corrected chi connectivity index (χ4v) is 2.82.